The van der Waals surface area contributed by atoms with Crippen molar-refractivity contribution < 1.29 is 160 Å². The van der Waals surface area contributed by atoms with Crippen LogP contribution < -0.4 is 31.9 Å². The molecule has 672 valence electrons. The molecule has 126 heavy (non-hydrogen) atoms. The van der Waals surface area contributed by atoms with Gasteiger partial charge in [0.2, 0.25) is 0 Å². The third-order valence-electron chi connectivity index (χ3n) is 16.9. The molecular weight excluding hydrogens is 1600 g/mol. The van der Waals surface area contributed by atoms with Gasteiger partial charge in [-0.2, -0.15) is 0 Å². The van der Waals surface area contributed by atoms with Crippen LogP contribution in [0.3, 0.4) is 0 Å². The number of likely N-dealkylation sites (N-methyl/N-ethyl adjacent to an activating group) is 6. The Kier molecular flexibility index (Phi) is 12.5. The highest BCUT2D eigenvalue weighted by Gasteiger charge is 2.29. The van der Waals surface area contributed by atoms with Crippen molar-refractivity contribution in [2.75, 3.05) is 163 Å². The van der Waals surface area contributed by atoms with E-state index < -0.39 is 335 Å². The van der Waals surface area contributed by atoms with Gasteiger partial charge in [0.1, 0.15) is 39.4 Å². The fraction of sp³-hybridized carbons (Fsp3) is 0.438. The van der Waals surface area contributed by atoms with Gasteiger partial charge in [-0.3, -0.25) is 0 Å². The van der Waals surface area contributed by atoms with E-state index in [1.54, 1.807) is 16.8 Å². The molecule has 0 radical (unpaired) electrons. The van der Waals surface area contributed by atoms with Crippen molar-refractivity contribution in [1.29, 1.82) is 0 Å². The summed E-state index contributed by atoms with van der Waals surface area (Å²) in [5.74, 6) is 0. The maximum atomic E-state index is 11.8. The minimum Gasteiger partial charge on any atom is -0.447 e. The molecule has 0 unspecified atom stereocenters. The van der Waals surface area contributed by atoms with Crippen LogP contribution in [0.4, 0.5) is 28.8 Å². The van der Waals surface area contributed by atoms with Crippen molar-refractivity contribution in [3.8, 4) is 0 Å². The Labute approximate surface area is 842 Å². The van der Waals surface area contributed by atoms with E-state index in [1.807, 2.05) is 24.3 Å². The number of alkyl carbamates (subject to hydrolysis) is 6. The highest BCUT2D eigenvalue weighted by Crippen LogP contribution is 2.29. The first-order valence-corrected chi connectivity index (χ1v) is 36.7. The molecule has 6 aromatic heterocycles. The van der Waals surface area contributed by atoms with Gasteiger partial charge in [-0.05, 0) is 300 Å². The average molecular weight is 1800 g/mol. The molecule has 0 saturated carbocycles. The Balaban J connectivity index is 0.000000194. The van der Waals surface area contributed by atoms with Crippen LogP contribution in [0.2, 0.25) is 8.47 Å². The third-order valence-corrected chi connectivity index (χ3v) is 16.9. The molecule has 6 amide bonds. The summed E-state index contributed by atoms with van der Waals surface area (Å²) < 4.78 is 629. The SMILES string of the molecule is [2H]N1C(=O)OC([2H])([2H])[C@]1([2H])C([2H])([2H])c1ccc2c(c1)c(C([2H])([2H])C([2H])([2H])N(C([2H])([2H])[2H])C([2H])([2H])[2H])cn2[2H].[2H]N1C(=O)OC([2H])([2H])[C@]1([2H])C([2H])([2H])c1ccc2c(c1)c(C([2H])([2H])C([2H])([2H])N(C)C([2H])([2H])[2H])cn2[2H].[2H]N1C(=O)OC([2H])([2H])[C@]1([2H])C([2H])([2H])c1ccc2c(c1)c(C([2H])([2H])C([2H])([2H])N(C)C)cn2[2H].[2H]c1c(C([2H])([2H])[C@]2([2H])NC(=O)OC2([2H])[2H])c([2H])c2c(CCN(C([2H])([2H])[2H])C([2H])([2H])[2H])c[nH]c2c1[2H].[2H]c1c(C([2H])([2H])[C@]2([2H])NC(=O)OC2([2H])[2H])c([2H])c2c(CCN(C)C([2H])([2H])[2H])c[nH]c2c1[2H].[2H]c1c(C([2H])([2H])[C@]2([2H])NC(=O)OC2([2H])[2H])c([2H])c2c(CCN(C)C)c[nH]c2c1[2H]. The quantitative estimate of drug-likeness (QED) is 0.0186. The molecule has 0 spiro atoms. The number of hydrogen-bond acceptors (Lipinski definition) is 18. The van der Waals surface area contributed by atoms with Gasteiger partial charge in [0.15, 0.2) is 8.47 Å². The molecule has 6 aliphatic rings. The van der Waals surface area contributed by atoms with E-state index in [-0.39, 0.29) is 123 Å². The summed E-state index contributed by atoms with van der Waals surface area (Å²) in [7, 11) is 8.67. The number of rotatable bonds is 30. The number of nitrogens with one attached hydrogen (secondary N) is 12. The molecule has 12 heterocycles. The molecule has 12 aromatic rings. The zero-order valence-electron chi connectivity index (χ0n) is 142. The number of nitrogens with zero attached hydrogens (tertiary/aromatic N) is 6. The van der Waals surface area contributed by atoms with Crippen molar-refractivity contribution in [3.63, 3.8) is 0 Å². The fourth-order valence-corrected chi connectivity index (χ4v) is 11.3. The Morgan fingerprint density at radius 1 is 0.341 bits per heavy atom. The molecule has 12 N–H and O–H groups in total. The maximum Gasteiger partial charge on any atom is 0.407 e. The number of aryl methyl sites for hydroxylation is 3. The largest absolute Gasteiger partial charge is 0.447 e. The van der Waals surface area contributed by atoms with Gasteiger partial charge in [-0.15, -0.1) is 0 Å². The molecule has 6 fully saturated rings. The molecule has 6 aliphatic heterocycles. The number of H-pyrrole nitrogens is 6. The van der Waals surface area contributed by atoms with Crippen LogP contribution in [0, 0.1) is 0 Å². The standard InChI is InChI=1S/6C16H21N3O2/c6*1-19(2)6-5-12-9-17-15-4-3-11(8-14(12)15)7-13-10-21-16(20)18-13/h6*3-4,8-9,13,17H,5-7,10H2,1-2H3,(H,18,20)/t6*13-/m000000/s1/i1D3,2D3,3D,4D,7D2,8D,10D2,13D;1D3,3D,4D,7D2,8D,10D2,13D;1D3,2D3,5D2,6D2,7D2,10D2,13D;3D,4D,7D2,8D,10D2,13D;1D3,5D2,6D2,7D2,10D2,13D;5D2,6D2,7D2,10D2,13D/hD6. The minimum absolute atomic E-state index is 0.0284. The lowest BCUT2D eigenvalue weighted by molar-refractivity contribution is 0.176. The van der Waals surface area contributed by atoms with Gasteiger partial charge < -0.3 is 120 Å². The summed E-state index contributed by atoms with van der Waals surface area (Å²) in [5.41, 5.74) is -4.04. The topological polar surface area (TPSA) is 344 Å². The Bertz CT molecular complexity index is 9470. The monoisotopic (exact) mass is 1800 g/mol. The van der Waals surface area contributed by atoms with Crippen LogP contribution in [0.25, 0.3) is 65.4 Å². The number of carbonyl (C=O) groups excluding carboxylic acids is 6. The summed E-state index contributed by atoms with van der Waals surface area (Å²) >= 11 is 0. The van der Waals surface area contributed by atoms with Crippen LogP contribution in [-0.4, -0.2) is 295 Å². The lowest BCUT2D eigenvalue weighted by Crippen LogP contribution is -2.28. The third kappa shape index (κ3) is 26.5. The number of aromatic nitrogens is 6. The van der Waals surface area contributed by atoms with E-state index in [9.17, 15) is 28.8 Å². The van der Waals surface area contributed by atoms with Gasteiger partial charge >= 0.3 is 36.6 Å². The maximum absolute atomic E-state index is 11.8. The van der Waals surface area contributed by atoms with Crippen molar-refractivity contribution in [2.24, 2.45) is 0 Å². The number of aromatic amines is 6. The summed E-state index contributed by atoms with van der Waals surface area (Å²) in [6, 6.07) is -14.8. The highest BCUT2D eigenvalue weighted by atomic mass is 16.6. The number of hydrogen-bond donors (Lipinski definition) is 12. The second-order valence-corrected chi connectivity index (χ2v) is 26.8. The Morgan fingerprint density at radius 3 is 0.944 bits per heavy atom. The van der Waals surface area contributed by atoms with Gasteiger partial charge in [-0.25, -0.2) is 28.8 Å². The van der Waals surface area contributed by atoms with Gasteiger partial charge in [0.05, 0.1) is 73.1 Å². The first-order chi connectivity index (χ1) is 90.0. The Morgan fingerprint density at radius 2 is 0.643 bits per heavy atom. The molecule has 0 bridgehead atoms. The first kappa shape index (κ1) is 36.0. The van der Waals surface area contributed by atoms with Crippen molar-refractivity contribution in [2.45, 2.75) is 113 Å². The summed E-state index contributed by atoms with van der Waals surface area (Å²) in [6.07, 6.45) is -29.5. The van der Waals surface area contributed by atoms with Crippen molar-refractivity contribution in [3.05, 3.63) is 213 Å². The predicted molar refractivity (Wildman–Crippen MR) is 495 cm³/mol. The smallest absolute Gasteiger partial charge is 0.407 e. The molecular formula is C96H126N18O12. The van der Waals surface area contributed by atoms with Gasteiger partial charge in [0.25, 0.3) is 0 Å². The van der Waals surface area contributed by atoms with Crippen molar-refractivity contribution in [1.82, 2.24) is 91.2 Å². The predicted octanol–water partition coefficient (Wildman–Crippen LogP) is 11.5. The Hall–Kier alpha value is -12.1. The van der Waals surface area contributed by atoms with E-state index in [1.165, 1.54) is 39.6 Å². The number of fused-ring (bicyclic) bond motifs is 6. The second kappa shape index (κ2) is 43.7. The summed E-state index contributed by atoms with van der Waals surface area (Å²) in [6.45, 7) is -47.0. The average Bonchev–Trinajstić information content (AvgIpc) is 1.53. The number of carbonyl (C=O) groups is 6. The summed E-state index contributed by atoms with van der Waals surface area (Å²) in [5, 5.41) is 4.04. The van der Waals surface area contributed by atoms with Crippen molar-refractivity contribution >= 4 is 102 Å². The molecule has 30 nitrogen and oxygen atoms in total. The number of amides is 6. The molecule has 6 aromatic carbocycles. The van der Waals surface area contributed by atoms with Gasteiger partial charge in [-0.1, -0.05) is 36.3 Å². The van der Waals surface area contributed by atoms with Crippen LogP contribution in [0.15, 0.2) is 146 Å². The lowest BCUT2D eigenvalue weighted by atomic mass is 10.0. The lowest BCUT2D eigenvalue weighted by Gasteiger charge is -2.09. The van der Waals surface area contributed by atoms with E-state index in [2.05, 4.69) is 43.4 Å². The number of benzene rings is 6. The normalized spacial score (nSPS) is 35.0. The zero-order chi connectivity index (χ0) is 155. The van der Waals surface area contributed by atoms with E-state index >= 15 is 0 Å². The molecule has 0 aliphatic carbocycles. The number of ether oxygens (including phenoxy) is 6. The summed E-state index contributed by atoms with van der Waals surface area (Å²) in [4.78, 5) is 84.3. The fourth-order valence-electron chi connectivity index (χ4n) is 11.3. The minimum atomic E-state index is -3.76. The number of cyclic esters (lactones) is 6. The molecule has 30 heteroatoms. The highest BCUT2D eigenvalue weighted by molar-refractivity contribution is 5.88. The van der Waals surface area contributed by atoms with Crippen LogP contribution in [0.1, 0.15) is 161 Å². The van der Waals surface area contributed by atoms with E-state index in [4.69, 9.17) is 103 Å². The van der Waals surface area contributed by atoms with Crippen LogP contribution in [0.5, 0.6) is 0 Å². The molecule has 18 rings (SSSR count). The van der Waals surface area contributed by atoms with E-state index in [0.29, 0.717) is 38.9 Å². The molecule has 6 atom stereocenters. The first-order valence-electron chi connectivity index (χ1n) is 73.9. The van der Waals surface area contributed by atoms with Gasteiger partial charge in [0, 0.05) is 199 Å². The van der Waals surface area contributed by atoms with E-state index in [0.717, 1.165) is 88.9 Å². The van der Waals surface area contributed by atoms with Crippen LogP contribution in [-0.2, 0) is 105 Å². The second-order valence-electron chi connectivity index (χ2n) is 26.8. The van der Waals surface area contributed by atoms with Crippen LogP contribution >= 0.6 is 0 Å². The molecule has 6 saturated heterocycles. The zero-order valence-corrected chi connectivity index (χ0v) is 66.7.